The molecule has 3 aliphatic rings. The quantitative estimate of drug-likeness (QED) is 0.0415. The number of anilines is 2. The number of hydrogen-bond acceptors (Lipinski definition) is 14. The molecule has 18 nitrogen and oxygen atoms in total. The summed E-state index contributed by atoms with van der Waals surface area (Å²) in [4.78, 5) is 73.3. The molecule has 3 saturated heterocycles. The zero-order chi connectivity index (χ0) is 54.7. The normalized spacial score (nSPS) is 18.8. The van der Waals surface area contributed by atoms with Crippen molar-refractivity contribution in [3.05, 3.63) is 119 Å². The highest BCUT2D eigenvalue weighted by Crippen LogP contribution is 2.34. The van der Waals surface area contributed by atoms with Crippen molar-refractivity contribution in [1.82, 2.24) is 40.4 Å². The number of pyridine rings is 1. The lowest BCUT2D eigenvalue weighted by molar-refractivity contribution is -0.144. The van der Waals surface area contributed by atoms with Gasteiger partial charge in [0.05, 0.1) is 40.9 Å². The van der Waals surface area contributed by atoms with Crippen LogP contribution in [0, 0.1) is 24.0 Å². The fraction of sp³-hybridized carbons (Fsp3) is 0.407. The van der Waals surface area contributed by atoms with Crippen molar-refractivity contribution in [3.8, 4) is 21.6 Å². The summed E-state index contributed by atoms with van der Waals surface area (Å²) in [5, 5.41) is 17.8. The van der Waals surface area contributed by atoms with Crippen LogP contribution in [0.2, 0.25) is 0 Å². The van der Waals surface area contributed by atoms with Crippen LogP contribution in [0.15, 0.2) is 84.6 Å². The number of carbonyl (C=O) groups is 4. The molecule has 408 valence electrons. The minimum atomic E-state index is -3.50. The molecule has 0 aliphatic carbocycles. The van der Waals surface area contributed by atoms with Crippen LogP contribution in [0.1, 0.15) is 60.8 Å². The number of rotatable bonds is 18. The molecule has 4 N–H and O–H groups in total. The van der Waals surface area contributed by atoms with Gasteiger partial charge < -0.3 is 35.3 Å². The van der Waals surface area contributed by atoms with E-state index in [0.717, 1.165) is 63.2 Å². The number of aromatic amines is 1. The standard InChI is InChI=1S/C54H61F3N10O8S2/c1-32-49(76-31-61-32)35-7-5-33(6-8-35)25-60-52(71)44-24-39(68)29-66(44)53(72)50(54(2,3)4)62-45(69)30-75-22-21-63-17-19-64(20-18-63)38-11-9-34(10-12-38)36-23-40-41(27-59-51(40)58-26-36)48(70)46-42(56)13-14-43(47(46)57)67(77(73)74)65-16-15-37(55)28-65/h5-14,23,26-27,31,37,39,44,50,68,77H,15-22,24-25,28-30H2,1-4H3,(H,58,59)(H,60,71)(H,62,69)/t37-,39-,44+,50-/m1/s1. The van der Waals surface area contributed by atoms with Gasteiger partial charge in [-0.25, -0.2) is 36.6 Å². The van der Waals surface area contributed by atoms with Crippen molar-refractivity contribution in [3.63, 3.8) is 0 Å². The summed E-state index contributed by atoms with van der Waals surface area (Å²) >= 11 is 1.56. The zero-order valence-electron chi connectivity index (χ0n) is 43.0. The van der Waals surface area contributed by atoms with Gasteiger partial charge in [-0.1, -0.05) is 57.2 Å². The number of aliphatic hydroxyl groups is 1. The van der Waals surface area contributed by atoms with Gasteiger partial charge in [0.1, 0.15) is 42.0 Å². The Bertz CT molecular complexity index is 3210. The highest BCUT2D eigenvalue weighted by atomic mass is 32.2. The predicted octanol–water partition coefficient (Wildman–Crippen LogP) is 5.41. The summed E-state index contributed by atoms with van der Waals surface area (Å²) in [7, 11) is -3.50. The number of thiazole rings is 1. The fourth-order valence-corrected chi connectivity index (χ4v) is 11.6. The number of fused-ring (bicyclic) bond motifs is 1. The molecule has 0 radical (unpaired) electrons. The summed E-state index contributed by atoms with van der Waals surface area (Å²) in [5.74, 6) is -4.93. The minimum Gasteiger partial charge on any atom is -0.391 e. The number of β-amino-alcohol motifs (C(OH)–C–C–N with tert-alkyl or cyclic N) is 1. The van der Waals surface area contributed by atoms with Crippen molar-refractivity contribution in [2.24, 2.45) is 5.41 Å². The van der Waals surface area contributed by atoms with Gasteiger partial charge in [0, 0.05) is 93.4 Å². The number of ketones is 1. The van der Waals surface area contributed by atoms with Crippen LogP contribution in [-0.4, -0.2) is 157 Å². The molecular formula is C54H61F3N10O8S2. The molecule has 0 spiro atoms. The van der Waals surface area contributed by atoms with Crippen LogP contribution in [-0.2, 0) is 36.6 Å². The second kappa shape index (κ2) is 23.5. The molecule has 0 unspecified atom stereocenters. The number of thiol groups is 1. The second-order valence-electron chi connectivity index (χ2n) is 20.6. The first-order valence-electron chi connectivity index (χ1n) is 25.4. The fourth-order valence-electron chi connectivity index (χ4n) is 10.0. The number of aliphatic hydroxyl groups excluding tert-OH is 1. The molecule has 6 heterocycles. The Labute approximate surface area is 449 Å². The number of ether oxygens (including phenoxy) is 1. The van der Waals surface area contributed by atoms with Crippen LogP contribution in [0.4, 0.5) is 24.5 Å². The lowest BCUT2D eigenvalue weighted by Gasteiger charge is -2.36. The van der Waals surface area contributed by atoms with Crippen molar-refractivity contribution >= 4 is 68.1 Å². The number of benzene rings is 3. The van der Waals surface area contributed by atoms with E-state index in [1.807, 2.05) is 76.2 Å². The molecule has 23 heteroatoms. The van der Waals surface area contributed by atoms with Gasteiger partial charge >= 0.3 is 0 Å². The number of carbonyl (C=O) groups excluding carboxylic acids is 4. The van der Waals surface area contributed by atoms with Crippen LogP contribution in [0.25, 0.3) is 32.6 Å². The Morgan fingerprint density at radius 3 is 2.34 bits per heavy atom. The topological polar surface area (TPSA) is 214 Å². The van der Waals surface area contributed by atoms with E-state index in [1.54, 1.807) is 29.1 Å². The second-order valence-corrected chi connectivity index (χ2v) is 22.3. The van der Waals surface area contributed by atoms with E-state index in [-0.39, 0.29) is 63.7 Å². The lowest BCUT2D eigenvalue weighted by atomic mass is 9.85. The molecule has 4 atom stereocenters. The van der Waals surface area contributed by atoms with Gasteiger partial charge in [0.25, 0.3) is 0 Å². The van der Waals surface area contributed by atoms with Gasteiger partial charge in [-0.05, 0) is 65.8 Å². The van der Waals surface area contributed by atoms with E-state index in [0.29, 0.717) is 40.6 Å². The van der Waals surface area contributed by atoms with Crippen LogP contribution >= 0.6 is 11.3 Å². The number of hydrazine groups is 1. The van der Waals surface area contributed by atoms with Gasteiger partial charge in [0.2, 0.25) is 34.4 Å². The maximum atomic E-state index is 16.1. The average Bonchev–Trinajstić information content (AvgIpc) is 4.25. The molecule has 3 aromatic heterocycles. The molecule has 9 rings (SSSR count). The Balaban J connectivity index is 0.742. The van der Waals surface area contributed by atoms with Crippen LogP contribution < -0.4 is 19.9 Å². The maximum absolute atomic E-state index is 16.1. The Morgan fingerprint density at radius 1 is 0.948 bits per heavy atom. The SMILES string of the molecule is Cc1ncsc1-c1ccc(CNC(=O)[C@@H]2C[C@@H](O)CN2C(=O)[C@@H](NC(=O)COCCN2CCN(c3ccc(-c4cnc5[nH]cc(C(=O)c6c(F)ccc(N(N7CC[C@@H](F)C7)[SH](=O)=O)c6F)c5c4)cc3)CC2)C(C)(C)C)cc1. The van der Waals surface area contributed by atoms with Crippen LogP contribution in [0.5, 0.6) is 0 Å². The molecule has 0 bridgehead atoms. The van der Waals surface area contributed by atoms with Crippen molar-refractivity contribution in [2.75, 3.05) is 74.9 Å². The van der Waals surface area contributed by atoms with Gasteiger partial charge in [-0.3, -0.25) is 24.1 Å². The number of alkyl halides is 1. The van der Waals surface area contributed by atoms with Crippen molar-refractivity contribution < 1.29 is 50.6 Å². The molecule has 3 fully saturated rings. The summed E-state index contributed by atoms with van der Waals surface area (Å²) in [6.07, 6.45) is 0.788. The summed E-state index contributed by atoms with van der Waals surface area (Å²) in [5.41, 5.74) is 4.98. The Hall–Kier alpha value is -6.76. The highest BCUT2D eigenvalue weighted by Gasteiger charge is 2.44. The Kier molecular flexibility index (Phi) is 16.8. The van der Waals surface area contributed by atoms with E-state index in [2.05, 4.69) is 35.4 Å². The average molecular weight is 1100 g/mol. The highest BCUT2D eigenvalue weighted by molar-refractivity contribution is 7.73. The Morgan fingerprint density at radius 2 is 1.68 bits per heavy atom. The van der Waals surface area contributed by atoms with Gasteiger partial charge in [-0.2, -0.15) is 4.41 Å². The van der Waals surface area contributed by atoms with E-state index in [4.69, 9.17) is 4.74 Å². The molecule has 3 amide bonds. The third-order valence-electron chi connectivity index (χ3n) is 14.3. The van der Waals surface area contributed by atoms with E-state index in [9.17, 15) is 37.1 Å². The van der Waals surface area contributed by atoms with E-state index in [1.165, 1.54) is 11.1 Å². The van der Waals surface area contributed by atoms with Crippen molar-refractivity contribution in [2.45, 2.75) is 71.4 Å². The number of amides is 3. The third kappa shape index (κ3) is 12.3. The minimum absolute atomic E-state index is 0.0125. The maximum Gasteiger partial charge on any atom is 0.246 e. The molecular weight excluding hydrogens is 1040 g/mol. The smallest absolute Gasteiger partial charge is 0.246 e. The number of likely N-dealkylation sites (tertiary alicyclic amines) is 1. The monoisotopic (exact) mass is 1100 g/mol. The molecule has 3 aromatic carbocycles. The summed E-state index contributed by atoms with van der Waals surface area (Å²) in [6.45, 7) is 10.8. The number of halogens is 3. The number of nitrogens with zero attached hydrogens (tertiary/aromatic N) is 7. The number of H-pyrrole nitrogens is 1. The van der Waals surface area contributed by atoms with Crippen LogP contribution in [0.3, 0.4) is 0 Å². The summed E-state index contributed by atoms with van der Waals surface area (Å²) in [6, 6.07) is 17.1. The van der Waals surface area contributed by atoms with Gasteiger partial charge in [0.15, 0.2) is 5.82 Å². The van der Waals surface area contributed by atoms with E-state index >= 15 is 8.78 Å². The van der Waals surface area contributed by atoms with E-state index < -0.39 is 81.1 Å². The van der Waals surface area contributed by atoms with Gasteiger partial charge in [-0.15, -0.1) is 11.3 Å². The largest absolute Gasteiger partial charge is 0.391 e. The first-order chi connectivity index (χ1) is 36.8. The molecule has 6 aromatic rings. The number of piperazine rings is 1. The summed E-state index contributed by atoms with van der Waals surface area (Å²) < 4.78 is 76.1. The third-order valence-corrected chi connectivity index (χ3v) is 16.0. The zero-order valence-corrected chi connectivity index (χ0v) is 44.7. The first kappa shape index (κ1) is 55.0. The number of aryl methyl sites for hydroxylation is 1. The molecule has 0 saturated carbocycles. The molecule has 3 aliphatic heterocycles. The number of hydrogen-bond donors (Lipinski definition) is 5. The molecule has 77 heavy (non-hydrogen) atoms. The number of aromatic nitrogens is 3. The predicted molar refractivity (Wildman–Crippen MR) is 286 cm³/mol. The lowest BCUT2D eigenvalue weighted by Crippen LogP contribution is -2.58. The van der Waals surface area contributed by atoms with Crippen molar-refractivity contribution in [1.29, 1.82) is 0 Å². The number of nitrogens with one attached hydrogen (secondary N) is 3. The first-order valence-corrected chi connectivity index (χ1v) is 27.4.